The summed E-state index contributed by atoms with van der Waals surface area (Å²) in [5.41, 5.74) is 1.48. The van der Waals surface area contributed by atoms with Crippen LogP contribution in [0.2, 0.25) is 0 Å². The van der Waals surface area contributed by atoms with Crippen LogP contribution in [0, 0.1) is 10.1 Å². The minimum absolute atomic E-state index is 0.0511. The molecule has 1 aliphatic rings. The van der Waals surface area contributed by atoms with E-state index < -0.39 is 4.92 Å². The number of furan rings is 1. The molecule has 0 spiro atoms. The lowest BCUT2D eigenvalue weighted by atomic mass is 10.1. The SMILES string of the molecule is O=C1/C(=C/c2cc([N+](=O)[O-])ccc2Sc2ccco2)SC(=S)N1Cc1ccccc1. The van der Waals surface area contributed by atoms with Gasteiger partial charge in [-0.25, -0.2) is 0 Å². The van der Waals surface area contributed by atoms with Gasteiger partial charge < -0.3 is 4.42 Å². The van der Waals surface area contributed by atoms with E-state index in [1.807, 2.05) is 30.3 Å². The molecule has 150 valence electrons. The highest BCUT2D eigenvalue weighted by atomic mass is 32.2. The summed E-state index contributed by atoms with van der Waals surface area (Å²) in [6.45, 7) is 0.381. The van der Waals surface area contributed by atoms with E-state index in [4.69, 9.17) is 16.6 Å². The number of carbonyl (C=O) groups is 1. The van der Waals surface area contributed by atoms with Gasteiger partial charge in [0.15, 0.2) is 5.09 Å². The molecule has 1 aliphatic heterocycles. The molecule has 2 heterocycles. The van der Waals surface area contributed by atoms with Crippen molar-refractivity contribution in [3.63, 3.8) is 0 Å². The fraction of sp³-hybridized carbons (Fsp3) is 0.0476. The van der Waals surface area contributed by atoms with Crippen LogP contribution >= 0.6 is 35.7 Å². The van der Waals surface area contributed by atoms with Crippen LogP contribution in [0.1, 0.15) is 11.1 Å². The summed E-state index contributed by atoms with van der Waals surface area (Å²) in [6, 6.07) is 17.7. The second-order valence-electron chi connectivity index (χ2n) is 6.27. The summed E-state index contributed by atoms with van der Waals surface area (Å²) in [5.74, 6) is -0.214. The highest BCUT2D eigenvalue weighted by molar-refractivity contribution is 8.26. The smallest absolute Gasteiger partial charge is 0.270 e. The predicted octanol–water partition coefficient (Wildman–Crippen LogP) is 5.74. The zero-order chi connectivity index (χ0) is 21.1. The molecule has 1 saturated heterocycles. The molecule has 1 fully saturated rings. The summed E-state index contributed by atoms with van der Waals surface area (Å²) >= 11 is 7.92. The van der Waals surface area contributed by atoms with E-state index in [-0.39, 0.29) is 11.6 Å². The summed E-state index contributed by atoms with van der Waals surface area (Å²) < 4.78 is 5.83. The Morgan fingerprint density at radius 2 is 1.97 bits per heavy atom. The van der Waals surface area contributed by atoms with E-state index >= 15 is 0 Å². The first-order valence-electron chi connectivity index (χ1n) is 8.80. The first kappa shape index (κ1) is 20.4. The monoisotopic (exact) mass is 454 g/mol. The molecule has 0 bridgehead atoms. The molecule has 30 heavy (non-hydrogen) atoms. The topological polar surface area (TPSA) is 76.6 Å². The van der Waals surface area contributed by atoms with Crippen LogP contribution in [0.4, 0.5) is 5.69 Å². The van der Waals surface area contributed by atoms with Crippen LogP contribution in [-0.2, 0) is 11.3 Å². The lowest BCUT2D eigenvalue weighted by molar-refractivity contribution is -0.384. The standard InChI is InChI=1S/C21H14N2O4S3/c24-20-18(30-21(28)22(20)13-14-5-2-1-3-6-14)12-15-11-16(23(25)26)8-9-17(15)29-19-7-4-10-27-19/h1-12H,13H2/b18-12-. The molecule has 0 saturated carbocycles. The Hall–Kier alpha value is -2.88. The van der Waals surface area contributed by atoms with E-state index in [9.17, 15) is 14.9 Å². The number of thioether (sulfide) groups is 1. The molecular weight excluding hydrogens is 440 g/mol. The molecule has 0 aliphatic carbocycles. The van der Waals surface area contributed by atoms with Crippen molar-refractivity contribution in [3.05, 3.63) is 93.1 Å². The molecule has 3 aromatic rings. The number of non-ortho nitro benzene ring substituents is 1. The lowest BCUT2D eigenvalue weighted by Gasteiger charge is -2.14. The molecule has 1 amide bonds. The second-order valence-corrected chi connectivity index (χ2v) is 8.99. The fourth-order valence-corrected chi connectivity index (χ4v) is 4.91. The van der Waals surface area contributed by atoms with Gasteiger partial charge in [-0.05, 0) is 35.4 Å². The molecular formula is C21H14N2O4S3. The quantitative estimate of drug-likeness (QED) is 0.203. The van der Waals surface area contributed by atoms with E-state index in [0.717, 1.165) is 10.5 Å². The molecule has 6 nitrogen and oxygen atoms in total. The largest absolute Gasteiger partial charge is 0.458 e. The van der Waals surface area contributed by atoms with Gasteiger partial charge in [0.25, 0.3) is 11.6 Å². The Bertz CT molecular complexity index is 1140. The van der Waals surface area contributed by atoms with Gasteiger partial charge in [-0.15, -0.1) is 0 Å². The van der Waals surface area contributed by atoms with Crippen molar-refractivity contribution in [2.24, 2.45) is 0 Å². The summed E-state index contributed by atoms with van der Waals surface area (Å²) in [7, 11) is 0. The maximum Gasteiger partial charge on any atom is 0.270 e. The molecule has 1 aromatic heterocycles. The van der Waals surface area contributed by atoms with Gasteiger partial charge in [0.2, 0.25) is 0 Å². The Balaban J connectivity index is 1.66. The number of carbonyl (C=O) groups excluding carboxylic acids is 1. The van der Waals surface area contributed by atoms with Crippen LogP contribution < -0.4 is 0 Å². The maximum atomic E-state index is 13.0. The van der Waals surface area contributed by atoms with Crippen molar-refractivity contribution in [2.75, 3.05) is 0 Å². The summed E-state index contributed by atoms with van der Waals surface area (Å²) in [5, 5.41) is 11.9. The Kier molecular flexibility index (Phi) is 6.03. The second kappa shape index (κ2) is 8.86. The zero-order valence-electron chi connectivity index (χ0n) is 15.4. The first-order valence-corrected chi connectivity index (χ1v) is 10.8. The van der Waals surface area contributed by atoms with Gasteiger partial charge in [-0.3, -0.25) is 19.8 Å². The number of rotatable bonds is 6. The summed E-state index contributed by atoms with van der Waals surface area (Å²) in [6.07, 6.45) is 3.21. The van der Waals surface area contributed by atoms with Crippen LogP contribution in [0.15, 0.2) is 86.2 Å². The highest BCUT2D eigenvalue weighted by Gasteiger charge is 2.32. The van der Waals surface area contributed by atoms with Gasteiger partial charge in [0.1, 0.15) is 4.32 Å². The van der Waals surface area contributed by atoms with Crippen molar-refractivity contribution < 1.29 is 14.1 Å². The molecule has 0 unspecified atom stereocenters. The molecule has 2 aromatic carbocycles. The van der Waals surface area contributed by atoms with E-state index in [1.165, 1.54) is 40.6 Å². The maximum absolute atomic E-state index is 13.0. The van der Waals surface area contributed by atoms with E-state index in [1.54, 1.807) is 30.5 Å². The van der Waals surface area contributed by atoms with Gasteiger partial charge in [0.05, 0.1) is 22.6 Å². The normalized spacial score (nSPS) is 15.2. The number of hydrogen-bond donors (Lipinski definition) is 0. The minimum Gasteiger partial charge on any atom is -0.458 e. The number of amides is 1. The number of benzene rings is 2. The number of nitro groups is 1. The van der Waals surface area contributed by atoms with E-state index in [2.05, 4.69) is 0 Å². The number of nitrogens with zero attached hydrogens (tertiary/aromatic N) is 2. The van der Waals surface area contributed by atoms with Crippen molar-refractivity contribution in [3.8, 4) is 0 Å². The Labute approximate surface area is 186 Å². The van der Waals surface area contributed by atoms with Gasteiger partial charge in [-0.2, -0.15) is 0 Å². The molecule has 0 N–H and O–H groups in total. The fourth-order valence-electron chi connectivity index (χ4n) is 2.83. The molecule has 9 heteroatoms. The third kappa shape index (κ3) is 4.48. The number of hydrogen-bond acceptors (Lipinski definition) is 7. The zero-order valence-corrected chi connectivity index (χ0v) is 17.8. The van der Waals surface area contributed by atoms with Gasteiger partial charge in [-0.1, -0.05) is 66.1 Å². The van der Waals surface area contributed by atoms with Crippen molar-refractivity contribution in [1.29, 1.82) is 0 Å². The van der Waals surface area contributed by atoms with E-state index in [0.29, 0.717) is 26.4 Å². The van der Waals surface area contributed by atoms with Crippen LogP contribution in [0.3, 0.4) is 0 Å². The molecule has 0 radical (unpaired) electrons. The highest BCUT2D eigenvalue weighted by Crippen LogP contribution is 2.38. The first-order chi connectivity index (χ1) is 14.5. The predicted molar refractivity (Wildman–Crippen MR) is 121 cm³/mol. The summed E-state index contributed by atoms with van der Waals surface area (Å²) in [4.78, 5) is 26.5. The van der Waals surface area contributed by atoms with Gasteiger partial charge >= 0.3 is 0 Å². The molecule has 4 rings (SSSR count). The Morgan fingerprint density at radius 1 is 1.17 bits per heavy atom. The number of nitro benzene ring substituents is 1. The average molecular weight is 455 g/mol. The van der Waals surface area contributed by atoms with Gasteiger partial charge in [0, 0.05) is 17.0 Å². The molecule has 0 atom stereocenters. The van der Waals surface area contributed by atoms with Crippen molar-refractivity contribution in [1.82, 2.24) is 4.90 Å². The average Bonchev–Trinajstić information content (AvgIpc) is 3.34. The number of thiocarbonyl (C=S) groups is 1. The third-order valence-corrected chi connectivity index (χ3v) is 6.66. The Morgan fingerprint density at radius 3 is 2.67 bits per heavy atom. The van der Waals surface area contributed by atoms with Crippen molar-refractivity contribution >= 4 is 57.7 Å². The van der Waals surface area contributed by atoms with Crippen LogP contribution in [0.25, 0.3) is 6.08 Å². The minimum atomic E-state index is -0.459. The lowest BCUT2D eigenvalue weighted by Crippen LogP contribution is -2.27. The van der Waals surface area contributed by atoms with Crippen molar-refractivity contribution in [2.45, 2.75) is 16.5 Å². The van der Waals surface area contributed by atoms with Crippen LogP contribution in [0.5, 0.6) is 0 Å². The van der Waals surface area contributed by atoms with Crippen LogP contribution in [-0.4, -0.2) is 20.1 Å². The third-order valence-electron chi connectivity index (χ3n) is 4.25.